The molecule has 1 fully saturated rings. The summed E-state index contributed by atoms with van der Waals surface area (Å²) in [7, 11) is 0. The van der Waals surface area contributed by atoms with Crippen LogP contribution >= 0.6 is 0 Å². The Morgan fingerprint density at radius 1 is 1.32 bits per heavy atom. The van der Waals surface area contributed by atoms with Crippen LogP contribution in [0.5, 0.6) is 0 Å². The number of nitrogens with zero attached hydrogens (tertiary/aromatic N) is 2. The molecule has 19 heavy (non-hydrogen) atoms. The minimum Gasteiger partial charge on any atom is -0.356 e. The number of anilines is 1. The van der Waals surface area contributed by atoms with Gasteiger partial charge in [-0.1, -0.05) is 30.3 Å². The molecule has 2 N–H and O–H groups in total. The van der Waals surface area contributed by atoms with Gasteiger partial charge in [0, 0.05) is 31.4 Å². The summed E-state index contributed by atoms with van der Waals surface area (Å²) in [5.74, 6) is 0.147. The molecule has 1 aliphatic heterocycles. The molecule has 0 amide bonds. The third kappa shape index (κ3) is 2.37. The van der Waals surface area contributed by atoms with Gasteiger partial charge in [0.25, 0.3) is 0 Å². The molecule has 0 saturated carbocycles. The fourth-order valence-corrected chi connectivity index (χ4v) is 2.44. The first-order valence-electron chi connectivity index (χ1n) is 6.41. The number of hydrogen-bond donors (Lipinski definition) is 2. The van der Waals surface area contributed by atoms with E-state index in [-0.39, 0.29) is 11.8 Å². The Bertz CT molecular complexity index is 538. The van der Waals surface area contributed by atoms with Crippen molar-refractivity contribution < 1.29 is 4.79 Å². The van der Waals surface area contributed by atoms with Crippen molar-refractivity contribution in [1.82, 2.24) is 15.5 Å². The summed E-state index contributed by atoms with van der Waals surface area (Å²) in [4.78, 5) is 14.7. The second-order valence-electron chi connectivity index (χ2n) is 4.60. The van der Waals surface area contributed by atoms with Gasteiger partial charge in [-0.05, 0) is 0 Å². The Labute approximate surface area is 111 Å². The summed E-state index contributed by atoms with van der Waals surface area (Å²) in [5.41, 5.74) is 1.72. The highest BCUT2D eigenvalue weighted by Crippen LogP contribution is 2.19. The Balaban J connectivity index is 1.87. The zero-order valence-electron chi connectivity index (χ0n) is 10.5. The summed E-state index contributed by atoms with van der Waals surface area (Å²) in [5, 5.41) is 10.1. The normalized spacial score (nSPS) is 19.4. The number of rotatable bonds is 3. The van der Waals surface area contributed by atoms with Crippen molar-refractivity contribution in [3.8, 4) is 0 Å². The molecule has 5 heteroatoms. The van der Waals surface area contributed by atoms with E-state index >= 15 is 0 Å². The number of H-pyrrole nitrogens is 1. The summed E-state index contributed by atoms with van der Waals surface area (Å²) < 4.78 is 0. The maximum absolute atomic E-state index is 12.6. The molecule has 0 aliphatic carbocycles. The standard InChI is InChI=1S/C14H16N4O/c19-14(11-4-2-1-3-5-11)13-10-15-6-7-18(13)12-8-16-17-9-12/h1-5,8-9,13,15H,6-7,10H2,(H,16,17). The third-order valence-electron chi connectivity index (χ3n) is 3.42. The highest BCUT2D eigenvalue weighted by Gasteiger charge is 2.29. The smallest absolute Gasteiger partial charge is 0.186 e. The van der Waals surface area contributed by atoms with Crippen LogP contribution in [0.25, 0.3) is 0 Å². The maximum atomic E-state index is 12.6. The molecule has 2 heterocycles. The quantitative estimate of drug-likeness (QED) is 0.806. The van der Waals surface area contributed by atoms with Crippen molar-refractivity contribution in [2.45, 2.75) is 6.04 Å². The van der Waals surface area contributed by atoms with E-state index in [1.165, 1.54) is 0 Å². The van der Waals surface area contributed by atoms with Crippen LogP contribution in [0.2, 0.25) is 0 Å². The molecule has 0 bridgehead atoms. The number of carbonyl (C=O) groups is 1. The number of aromatic nitrogens is 2. The van der Waals surface area contributed by atoms with Crippen LogP contribution in [0.3, 0.4) is 0 Å². The number of hydrogen-bond acceptors (Lipinski definition) is 4. The van der Waals surface area contributed by atoms with Gasteiger partial charge in [-0.15, -0.1) is 0 Å². The fraction of sp³-hybridized carbons (Fsp3) is 0.286. The van der Waals surface area contributed by atoms with Crippen LogP contribution < -0.4 is 10.2 Å². The van der Waals surface area contributed by atoms with Crippen molar-refractivity contribution in [1.29, 1.82) is 0 Å². The highest BCUT2D eigenvalue weighted by atomic mass is 16.1. The van der Waals surface area contributed by atoms with Crippen LogP contribution in [0.4, 0.5) is 5.69 Å². The zero-order valence-corrected chi connectivity index (χ0v) is 10.5. The van der Waals surface area contributed by atoms with Crippen LogP contribution in [0, 0.1) is 0 Å². The molecule has 98 valence electrons. The summed E-state index contributed by atoms with van der Waals surface area (Å²) >= 11 is 0. The molecule has 0 radical (unpaired) electrons. The number of piperazine rings is 1. The van der Waals surface area contributed by atoms with E-state index in [0.717, 1.165) is 24.3 Å². The molecule has 1 saturated heterocycles. The summed E-state index contributed by atoms with van der Waals surface area (Å²) in [6.07, 6.45) is 3.59. The second-order valence-corrected chi connectivity index (χ2v) is 4.60. The van der Waals surface area contributed by atoms with Crippen molar-refractivity contribution in [2.75, 3.05) is 24.5 Å². The lowest BCUT2D eigenvalue weighted by Crippen LogP contribution is -2.55. The van der Waals surface area contributed by atoms with Gasteiger partial charge in [-0.25, -0.2) is 0 Å². The van der Waals surface area contributed by atoms with Crippen LogP contribution in [-0.2, 0) is 0 Å². The third-order valence-corrected chi connectivity index (χ3v) is 3.42. The Kier molecular flexibility index (Phi) is 3.29. The van der Waals surface area contributed by atoms with E-state index in [0.29, 0.717) is 6.54 Å². The average Bonchev–Trinajstić information content (AvgIpc) is 3.01. The second kappa shape index (κ2) is 5.24. The van der Waals surface area contributed by atoms with E-state index in [1.807, 2.05) is 36.5 Å². The van der Waals surface area contributed by atoms with Gasteiger partial charge in [0.2, 0.25) is 0 Å². The number of Topliss-reactive ketones (excluding diaryl/α,β-unsaturated/α-hetero) is 1. The van der Waals surface area contributed by atoms with E-state index < -0.39 is 0 Å². The number of ketones is 1. The van der Waals surface area contributed by atoms with Gasteiger partial charge >= 0.3 is 0 Å². The number of aromatic amines is 1. The van der Waals surface area contributed by atoms with Crippen molar-refractivity contribution in [3.05, 3.63) is 48.3 Å². The Morgan fingerprint density at radius 2 is 2.16 bits per heavy atom. The number of nitrogens with one attached hydrogen (secondary N) is 2. The number of carbonyl (C=O) groups excluding carboxylic acids is 1. The van der Waals surface area contributed by atoms with E-state index in [9.17, 15) is 4.79 Å². The predicted molar refractivity (Wildman–Crippen MR) is 73.4 cm³/mol. The Hall–Kier alpha value is -2.14. The predicted octanol–water partition coefficient (Wildman–Crippen LogP) is 1.07. The molecule has 1 atom stereocenters. The van der Waals surface area contributed by atoms with Gasteiger partial charge in [-0.2, -0.15) is 5.10 Å². The number of benzene rings is 1. The molecule has 5 nitrogen and oxygen atoms in total. The van der Waals surface area contributed by atoms with Crippen LogP contribution in [0.15, 0.2) is 42.7 Å². The van der Waals surface area contributed by atoms with Crippen LogP contribution in [0.1, 0.15) is 10.4 Å². The molecular weight excluding hydrogens is 240 g/mol. The first-order chi connectivity index (χ1) is 9.36. The average molecular weight is 256 g/mol. The van der Waals surface area contributed by atoms with Gasteiger partial charge in [-0.3, -0.25) is 9.89 Å². The van der Waals surface area contributed by atoms with Crippen molar-refractivity contribution in [2.24, 2.45) is 0 Å². The maximum Gasteiger partial charge on any atom is 0.186 e. The molecular formula is C14H16N4O. The summed E-state index contributed by atoms with van der Waals surface area (Å²) in [6.45, 7) is 2.35. The molecule has 1 unspecified atom stereocenters. The fourth-order valence-electron chi connectivity index (χ4n) is 2.44. The highest BCUT2D eigenvalue weighted by molar-refractivity contribution is 6.02. The minimum atomic E-state index is -0.172. The molecule has 1 aliphatic rings. The zero-order chi connectivity index (χ0) is 13.1. The van der Waals surface area contributed by atoms with Gasteiger partial charge in [0.1, 0.15) is 6.04 Å². The molecule has 3 rings (SSSR count). The molecule has 2 aromatic rings. The van der Waals surface area contributed by atoms with Crippen molar-refractivity contribution in [3.63, 3.8) is 0 Å². The SMILES string of the molecule is O=C(c1ccccc1)C1CNCCN1c1cn[nH]c1. The van der Waals surface area contributed by atoms with Gasteiger partial charge in [0.05, 0.1) is 11.9 Å². The first kappa shape index (κ1) is 11.9. The monoisotopic (exact) mass is 256 g/mol. The molecule has 1 aromatic carbocycles. The largest absolute Gasteiger partial charge is 0.356 e. The van der Waals surface area contributed by atoms with E-state index in [1.54, 1.807) is 6.20 Å². The lowest BCUT2D eigenvalue weighted by Gasteiger charge is -2.36. The van der Waals surface area contributed by atoms with E-state index in [2.05, 4.69) is 20.4 Å². The first-order valence-corrected chi connectivity index (χ1v) is 6.41. The molecule has 1 aromatic heterocycles. The minimum absolute atomic E-state index is 0.147. The van der Waals surface area contributed by atoms with Gasteiger partial charge in [0.15, 0.2) is 5.78 Å². The van der Waals surface area contributed by atoms with Crippen LogP contribution in [-0.4, -0.2) is 41.7 Å². The lowest BCUT2D eigenvalue weighted by atomic mass is 10.0. The van der Waals surface area contributed by atoms with Gasteiger partial charge < -0.3 is 10.2 Å². The Morgan fingerprint density at radius 3 is 2.89 bits per heavy atom. The lowest BCUT2D eigenvalue weighted by molar-refractivity contribution is 0.0951. The molecule has 0 spiro atoms. The topological polar surface area (TPSA) is 61.0 Å². The summed E-state index contributed by atoms with van der Waals surface area (Å²) in [6, 6.07) is 9.27. The van der Waals surface area contributed by atoms with Crippen molar-refractivity contribution >= 4 is 11.5 Å². The van der Waals surface area contributed by atoms with E-state index in [4.69, 9.17) is 0 Å².